The fourth-order valence-electron chi connectivity index (χ4n) is 4.41. The summed E-state index contributed by atoms with van der Waals surface area (Å²) in [7, 11) is -1.80. The van der Waals surface area contributed by atoms with Crippen molar-refractivity contribution in [3.8, 4) is 0 Å². The predicted molar refractivity (Wildman–Crippen MR) is 112 cm³/mol. The van der Waals surface area contributed by atoms with Crippen LogP contribution in [0.2, 0.25) is 16.6 Å². The van der Waals surface area contributed by atoms with E-state index in [1.165, 1.54) is 5.57 Å². The quantitative estimate of drug-likeness (QED) is 0.237. The summed E-state index contributed by atoms with van der Waals surface area (Å²) in [5.74, 6) is 0. The minimum atomic E-state index is -1.80. The van der Waals surface area contributed by atoms with E-state index in [-0.39, 0.29) is 12.2 Å². The van der Waals surface area contributed by atoms with Crippen molar-refractivity contribution in [1.82, 2.24) is 0 Å². The van der Waals surface area contributed by atoms with E-state index >= 15 is 0 Å². The molecule has 1 aliphatic rings. The molecule has 1 saturated heterocycles. The van der Waals surface area contributed by atoms with Gasteiger partial charge in [-0.25, -0.2) is 0 Å². The highest BCUT2D eigenvalue weighted by Gasteiger charge is 2.45. The zero-order valence-corrected chi connectivity index (χ0v) is 19.3. The predicted octanol–water partition coefficient (Wildman–Crippen LogP) is 6.02. The van der Waals surface area contributed by atoms with E-state index in [4.69, 9.17) is 9.16 Å². The van der Waals surface area contributed by atoms with Gasteiger partial charge >= 0.3 is 0 Å². The van der Waals surface area contributed by atoms with Gasteiger partial charge in [0.05, 0.1) is 12.2 Å². The van der Waals surface area contributed by atoms with Crippen molar-refractivity contribution in [2.75, 3.05) is 6.61 Å². The smallest absolute Gasteiger partial charge is 0.200 e. The van der Waals surface area contributed by atoms with Crippen LogP contribution in [-0.2, 0) is 14.0 Å². The molecule has 0 bridgehead atoms. The SMILES string of the molecule is CC(C)[Si](OCC[C@@H]1C/C(=C\I)C[C@H](CC=O)O1)(C(C)C)C(C)C. The number of carbonyl (C=O) groups is 1. The maximum absolute atomic E-state index is 10.8. The molecule has 0 radical (unpaired) electrons. The molecule has 0 aromatic carbocycles. The Morgan fingerprint density at radius 3 is 2.12 bits per heavy atom. The van der Waals surface area contributed by atoms with Crippen LogP contribution in [0.5, 0.6) is 0 Å². The van der Waals surface area contributed by atoms with Gasteiger partial charge in [0.1, 0.15) is 6.29 Å². The van der Waals surface area contributed by atoms with Crippen LogP contribution in [0.25, 0.3) is 0 Å². The van der Waals surface area contributed by atoms with Crippen LogP contribution in [0.3, 0.4) is 0 Å². The molecule has 0 unspecified atom stereocenters. The molecule has 0 spiro atoms. The Balaban J connectivity index is 2.68. The van der Waals surface area contributed by atoms with Crippen molar-refractivity contribution >= 4 is 37.2 Å². The third kappa shape index (κ3) is 5.64. The van der Waals surface area contributed by atoms with E-state index in [0.29, 0.717) is 23.0 Å². The summed E-state index contributed by atoms with van der Waals surface area (Å²) in [4.78, 5) is 10.8. The topological polar surface area (TPSA) is 35.5 Å². The van der Waals surface area contributed by atoms with E-state index in [0.717, 1.165) is 32.2 Å². The van der Waals surface area contributed by atoms with Gasteiger partial charge in [0, 0.05) is 13.0 Å². The van der Waals surface area contributed by atoms with Gasteiger partial charge in [0.2, 0.25) is 0 Å². The van der Waals surface area contributed by atoms with Crippen molar-refractivity contribution in [2.24, 2.45) is 0 Å². The van der Waals surface area contributed by atoms with Gasteiger partial charge in [-0.1, -0.05) is 69.7 Å². The fourth-order valence-corrected chi connectivity index (χ4v) is 10.4. The summed E-state index contributed by atoms with van der Waals surface area (Å²) < 4.78 is 14.9. The third-order valence-corrected chi connectivity index (χ3v) is 12.4. The van der Waals surface area contributed by atoms with Gasteiger partial charge < -0.3 is 14.0 Å². The van der Waals surface area contributed by atoms with Gasteiger partial charge in [0.25, 0.3) is 0 Å². The Morgan fingerprint density at radius 2 is 1.67 bits per heavy atom. The van der Waals surface area contributed by atoms with Crippen molar-refractivity contribution < 1.29 is 14.0 Å². The molecule has 1 heterocycles. The van der Waals surface area contributed by atoms with E-state index in [1.54, 1.807) is 0 Å². The Kier molecular flexibility index (Phi) is 9.70. The van der Waals surface area contributed by atoms with Crippen LogP contribution in [0.4, 0.5) is 0 Å². The Hall–Kier alpha value is 0.277. The van der Waals surface area contributed by atoms with Crippen LogP contribution in [0.15, 0.2) is 9.66 Å². The first kappa shape index (κ1) is 22.3. The number of carbonyl (C=O) groups excluding carboxylic acids is 1. The molecular formula is C19H35IO3Si. The summed E-state index contributed by atoms with van der Waals surface area (Å²) in [6.07, 6.45) is 4.48. The molecule has 0 N–H and O–H groups in total. The summed E-state index contributed by atoms with van der Waals surface area (Å²) in [6.45, 7) is 14.7. The molecule has 1 aliphatic heterocycles. The first-order chi connectivity index (χ1) is 11.3. The highest BCUT2D eigenvalue weighted by Crippen LogP contribution is 2.42. The lowest BCUT2D eigenvalue weighted by molar-refractivity contribution is -0.113. The van der Waals surface area contributed by atoms with Crippen LogP contribution < -0.4 is 0 Å². The van der Waals surface area contributed by atoms with E-state index in [2.05, 4.69) is 68.2 Å². The van der Waals surface area contributed by atoms with E-state index in [9.17, 15) is 4.79 Å². The molecule has 5 heteroatoms. The minimum absolute atomic E-state index is 0.0459. The highest BCUT2D eigenvalue weighted by molar-refractivity contribution is 14.1. The second-order valence-corrected chi connectivity index (χ2v) is 14.0. The number of hydrogen-bond acceptors (Lipinski definition) is 3. The van der Waals surface area contributed by atoms with Gasteiger partial charge in [-0.2, -0.15) is 0 Å². The lowest BCUT2D eigenvalue weighted by Crippen LogP contribution is -2.48. The van der Waals surface area contributed by atoms with Gasteiger partial charge in [-0.05, 0) is 40.0 Å². The molecule has 3 nitrogen and oxygen atoms in total. The van der Waals surface area contributed by atoms with Crippen LogP contribution in [-0.4, -0.2) is 33.4 Å². The summed E-state index contributed by atoms with van der Waals surface area (Å²) in [6, 6.07) is 0. The number of hydrogen-bond donors (Lipinski definition) is 0. The lowest BCUT2D eigenvalue weighted by Gasteiger charge is -2.42. The highest BCUT2D eigenvalue weighted by atomic mass is 127. The monoisotopic (exact) mass is 466 g/mol. The Labute approximate surface area is 163 Å². The van der Waals surface area contributed by atoms with Crippen LogP contribution >= 0.6 is 22.6 Å². The number of aldehydes is 1. The Morgan fingerprint density at radius 1 is 1.12 bits per heavy atom. The van der Waals surface area contributed by atoms with Crippen molar-refractivity contribution in [1.29, 1.82) is 0 Å². The first-order valence-electron chi connectivity index (χ1n) is 9.29. The molecule has 2 atom stereocenters. The van der Waals surface area contributed by atoms with Gasteiger partial charge in [0.15, 0.2) is 8.32 Å². The average Bonchev–Trinajstić information content (AvgIpc) is 2.50. The Bertz CT molecular complexity index is 399. The van der Waals surface area contributed by atoms with Crippen molar-refractivity contribution in [3.63, 3.8) is 0 Å². The standard InChI is InChI=1S/C19H35IO3Si/c1-14(2)24(15(3)4,16(5)6)22-10-8-19-12-17(13-20)11-18(23-19)7-9-21/h9,13-16,18-19H,7-8,10-12H2,1-6H3/b17-13-/t18-,19+/m0/s1. The zero-order chi connectivity index (χ0) is 18.3. The molecule has 1 fully saturated rings. The number of ether oxygens (including phenoxy) is 1. The van der Waals surface area contributed by atoms with Gasteiger partial charge in [-0.3, -0.25) is 0 Å². The number of rotatable bonds is 9. The molecule has 140 valence electrons. The lowest BCUT2D eigenvalue weighted by atomic mass is 9.96. The van der Waals surface area contributed by atoms with Gasteiger partial charge in [-0.15, -0.1) is 0 Å². The minimum Gasteiger partial charge on any atom is -0.416 e. The van der Waals surface area contributed by atoms with Crippen LogP contribution in [0, 0.1) is 0 Å². The second-order valence-electron chi connectivity index (χ2n) is 7.91. The average molecular weight is 466 g/mol. The largest absolute Gasteiger partial charge is 0.416 e. The maximum Gasteiger partial charge on any atom is 0.200 e. The van der Waals surface area contributed by atoms with Crippen molar-refractivity contribution in [2.45, 2.75) is 96.1 Å². The van der Waals surface area contributed by atoms with Crippen LogP contribution in [0.1, 0.15) is 67.2 Å². The fraction of sp³-hybridized carbons (Fsp3) is 0.842. The molecule has 0 aliphatic carbocycles. The maximum atomic E-state index is 10.8. The molecule has 1 rings (SSSR count). The van der Waals surface area contributed by atoms with E-state index in [1.807, 2.05) is 0 Å². The number of halogens is 1. The van der Waals surface area contributed by atoms with E-state index < -0.39 is 8.32 Å². The molecule has 0 aromatic heterocycles. The molecular weight excluding hydrogens is 431 g/mol. The molecule has 0 saturated carbocycles. The summed E-state index contributed by atoms with van der Waals surface area (Å²) in [5.41, 5.74) is 3.23. The summed E-state index contributed by atoms with van der Waals surface area (Å²) >= 11 is 2.30. The molecule has 0 aromatic rings. The first-order valence-corrected chi connectivity index (χ1v) is 12.7. The second kappa shape index (κ2) is 10.4. The summed E-state index contributed by atoms with van der Waals surface area (Å²) in [5, 5.41) is 0. The normalized spacial score (nSPS) is 24.3. The zero-order valence-electron chi connectivity index (χ0n) is 16.2. The third-order valence-electron chi connectivity index (χ3n) is 5.38. The molecule has 24 heavy (non-hydrogen) atoms. The van der Waals surface area contributed by atoms with Crippen molar-refractivity contribution in [3.05, 3.63) is 9.66 Å². The molecule has 0 amide bonds.